The summed E-state index contributed by atoms with van der Waals surface area (Å²) >= 11 is 0. The van der Waals surface area contributed by atoms with Crippen LogP contribution in [-0.2, 0) is 14.4 Å². The second-order valence-electron chi connectivity index (χ2n) is 4.94. The molecule has 12 heteroatoms. The fraction of sp³-hybridized carbons (Fsp3) is 0.235. The third-order valence-electron chi connectivity index (χ3n) is 2.67. The molecule has 0 saturated carbocycles. The molecule has 0 aliphatic carbocycles. The SMILES string of the molecule is CCCC(O)C(=O)O.O=C([O-])C=Cc1c[nH]cn1.O=C([O-])C=Cc1c[nH]cn1.[Se+2]. The molecule has 2 aromatic rings. The molecule has 0 aromatic carbocycles. The van der Waals surface area contributed by atoms with Gasteiger partial charge in [-0.3, -0.25) is 0 Å². The van der Waals surface area contributed by atoms with Crippen molar-refractivity contribution in [2.24, 2.45) is 0 Å². The summed E-state index contributed by atoms with van der Waals surface area (Å²) in [6.07, 6.45) is 10.5. The number of carbonyl (C=O) groups is 3. The van der Waals surface area contributed by atoms with Gasteiger partial charge in [0.1, 0.15) is 0 Å². The van der Waals surface area contributed by atoms with Crippen molar-refractivity contribution >= 4 is 47.1 Å². The molecule has 2 heterocycles. The van der Waals surface area contributed by atoms with E-state index in [1.165, 1.54) is 24.8 Å². The first kappa shape index (κ1) is 28.0. The van der Waals surface area contributed by atoms with Crippen LogP contribution in [0, 0.1) is 0 Å². The molecule has 156 valence electrons. The van der Waals surface area contributed by atoms with Crippen LogP contribution in [0.5, 0.6) is 0 Å². The Morgan fingerprint density at radius 1 is 1.03 bits per heavy atom. The van der Waals surface area contributed by atoms with E-state index in [0.29, 0.717) is 24.2 Å². The predicted molar refractivity (Wildman–Crippen MR) is 99.6 cm³/mol. The Balaban J connectivity index is 0. The molecular weight excluding hydrogens is 451 g/mol. The molecule has 4 N–H and O–H groups in total. The van der Waals surface area contributed by atoms with Crippen molar-refractivity contribution in [3.05, 3.63) is 48.6 Å². The number of hydrogen-bond donors (Lipinski definition) is 4. The van der Waals surface area contributed by atoms with Gasteiger partial charge in [0.2, 0.25) is 0 Å². The molecule has 0 spiro atoms. The number of H-pyrrole nitrogens is 2. The van der Waals surface area contributed by atoms with Gasteiger partial charge in [0, 0.05) is 12.4 Å². The standard InChI is InChI=1S/2C6H6N2O2.C5H10O3.Se/c2*9-6(10)2-1-5-3-7-4-8-5;1-2-3-4(6)5(7)8;/h2*1-4H,(H,7,8)(H,9,10);4,6H,2-3H2,1H3,(H,7,8);/q;;;+2/p-2. The van der Waals surface area contributed by atoms with Crippen LogP contribution in [0.3, 0.4) is 0 Å². The largest absolute Gasteiger partial charge is 2.00 e. The van der Waals surface area contributed by atoms with E-state index in [0.717, 1.165) is 12.2 Å². The summed E-state index contributed by atoms with van der Waals surface area (Å²) < 4.78 is 0. The molecule has 0 saturated heterocycles. The number of hydrogen-bond acceptors (Lipinski definition) is 8. The van der Waals surface area contributed by atoms with Crippen LogP contribution >= 0.6 is 0 Å². The maximum Gasteiger partial charge on any atom is 2.00 e. The molecule has 29 heavy (non-hydrogen) atoms. The number of nitrogens with zero attached hydrogens (tertiary/aromatic N) is 2. The molecular formula is C17H20N4O7Se. The molecule has 1 atom stereocenters. The molecule has 0 bridgehead atoms. The summed E-state index contributed by atoms with van der Waals surface area (Å²) in [4.78, 5) is 42.4. The molecule has 4 radical (unpaired) electrons. The quantitative estimate of drug-likeness (QED) is 0.266. The van der Waals surface area contributed by atoms with Gasteiger partial charge in [-0.2, -0.15) is 0 Å². The Kier molecular flexibility index (Phi) is 16.3. The maximum absolute atomic E-state index is 9.86. The summed E-state index contributed by atoms with van der Waals surface area (Å²) in [6.45, 7) is 1.83. The van der Waals surface area contributed by atoms with Crippen LogP contribution in [0.2, 0.25) is 0 Å². The summed E-state index contributed by atoms with van der Waals surface area (Å²) in [5.74, 6) is -3.57. The van der Waals surface area contributed by atoms with E-state index in [-0.39, 0.29) is 17.1 Å². The average Bonchev–Trinajstić information content (AvgIpc) is 3.33. The normalized spacial score (nSPS) is 10.8. The minimum Gasteiger partial charge on any atom is -0.545 e. The van der Waals surface area contributed by atoms with Crippen LogP contribution in [0.25, 0.3) is 12.2 Å². The number of imidazole rings is 2. The number of carbonyl (C=O) groups excluding carboxylic acids is 2. The Labute approximate surface area is 176 Å². The number of carboxylic acid groups (broad SMARTS) is 3. The van der Waals surface area contributed by atoms with E-state index in [4.69, 9.17) is 10.2 Å². The maximum atomic E-state index is 9.86. The van der Waals surface area contributed by atoms with E-state index >= 15 is 0 Å². The van der Waals surface area contributed by atoms with E-state index in [9.17, 15) is 24.6 Å². The number of rotatable bonds is 7. The first-order valence-electron chi connectivity index (χ1n) is 7.92. The Morgan fingerprint density at radius 3 is 1.66 bits per heavy atom. The smallest absolute Gasteiger partial charge is 0.545 e. The Morgan fingerprint density at radius 2 is 1.45 bits per heavy atom. The van der Waals surface area contributed by atoms with Gasteiger partial charge in [-0.1, -0.05) is 13.3 Å². The summed E-state index contributed by atoms with van der Waals surface area (Å²) in [6, 6.07) is 0. The number of aliphatic carboxylic acids is 3. The van der Waals surface area contributed by atoms with Crippen molar-refractivity contribution in [1.82, 2.24) is 19.9 Å². The number of aliphatic hydroxyl groups excluding tert-OH is 1. The molecule has 1 unspecified atom stereocenters. The first-order valence-corrected chi connectivity index (χ1v) is 7.92. The molecule has 0 fully saturated rings. The van der Waals surface area contributed by atoms with Crippen molar-refractivity contribution in [1.29, 1.82) is 0 Å². The van der Waals surface area contributed by atoms with Crippen LogP contribution < -0.4 is 10.2 Å². The number of aliphatic hydroxyl groups is 1. The van der Waals surface area contributed by atoms with Gasteiger partial charge in [-0.25, -0.2) is 14.8 Å². The zero-order chi connectivity index (χ0) is 21.4. The molecule has 0 amide bonds. The van der Waals surface area contributed by atoms with Crippen LogP contribution in [0.4, 0.5) is 0 Å². The van der Waals surface area contributed by atoms with Gasteiger partial charge in [-0.15, -0.1) is 0 Å². The van der Waals surface area contributed by atoms with E-state index < -0.39 is 24.0 Å². The predicted octanol–water partition coefficient (Wildman–Crippen LogP) is -1.80. The number of carboxylic acids is 3. The van der Waals surface area contributed by atoms with Gasteiger partial charge in [0.25, 0.3) is 0 Å². The second-order valence-corrected chi connectivity index (χ2v) is 4.94. The molecule has 0 aliphatic heterocycles. The monoisotopic (exact) mass is 472 g/mol. The van der Waals surface area contributed by atoms with Gasteiger partial charge in [0.05, 0.1) is 36.0 Å². The summed E-state index contributed by atoms with van der Waals surface area (Å²) in [5.41, 5.74) is 1.15. The van der Waals surface area contributed by atoms with Crippen LogP contribution in [0.1, 0.15) is 31.2 Å². The van der Waals surface area contributed by atoms with Gasteiger partial charge < -0.3 is 40.0 Å². The van der Waals surface area contributed by atoms with E-state index in [1.54, 1.807) is 12.4 Å². The molecule has 2 rings (SSSR count). The third-order valence-corrected chi connectivity index (χ3v) is 2.67. The minimum absolute atomic E-state index is 0. The minimum atomic E-state index is -1.22. The van der Waals surface area contributed by atoms with Crippen LogP contribution in [-0.4, -0.2) is 71.2 Å². The van der Waals surface area contributed by atoms with Crippen molar-refractivity contribution in [2.45, 2.75) is 25.9 Å². The Bertz CT molecular complexity index is 705. The van der Waals surface area contributed by atoms with E-state index in [1.807, 2.05) is 6.92 Å². The number of aromatic amines is 2. The van der Waals surface area contributed by atoms with Crippen molar-refractivity contribution in [2.75, 3.05) is 0 Å². The fourth-order valence-corrected chi connectivity index (χ4v) is 1.43. The van der Waals surface area contributed by atoms with Crippen molar-refractivity contribution in [3.63, 3.8) is 0 Å². The zero-order valence-electron chi connectivity index (χ0n) is 15.3. The fourth-order valence-electron chi connectivity index (χ4n) is 1.43. The zero-order valence-corrected chi connectivity index (χ0v) is 17.1. The van der Waals surface area contributed by atoms with Gasteiger partial charge >= 0.3 is 23.0 Å². The average molecular weight is 471 g/mol. The topological polar surface area (TPSA) is 195 Å². The van der Waals surface area contributed by atoms with Crippen molar-refractivity contribution < 1.29 is 34.8 Å². The number of aromatic nitrogens is 4. The molecule has 0 aliphatic rings. The first-order chi connectivity index (χ1) is 13.3. The van der Waals surface area contributed by atoms with Crippen LogP contribution in [0.15, 0.2) is 37.2 Å². The number of nitrogens with one attached hydrogen (secondary N) is 2. The summed E-state index contributed by atoms with van der Waals surface area (Å²) in [7, 11) is 0. The van der Waals surface area contributed by atoms with E-state index in [2.05, 4.69) is 19.9 Å². The Hall–Kier alpha value is -3.21. The molecule has 2 aromatic heterocycles. The van der Waals surface area contributed by atoms with Crippen molar-refractivity contribution in [3.8, 4) is 0 Å². The second kappa shape index (κ2) is 16.9. The third kappa shape index (κ3) is 16.7. The molecule has 11 nitrogen and oxygen atoms in total. The van der Waals surface area contributed by atoms with Gasteiger partial charge in [-0.05, 0) is 30.7 Å². The van der Waals surface area contributed by atoms with Gasteiger partial charge in [0.15, 0.2) is 6.10 Å². The summed E-state index contributed by atoms with van der Waals surface area (Å²) in [5, 5.41) is 36.3.